The van der Waals surface area contributed by atoms with Crippen LogP contribution in [0.2, 0.25) is 5.02 Å². The summed E-state index contributed by atoms with van der Waals surface area (Å²) < 4.78 is 0. The molecule has 6 heteroatoms. The van der Waals surface area contributed by atoms with Gasteiger partial charge in [-0.25, -0.2) is 0 Å². The van der Waals surface area contributed by atoms with Crippen molar-refractivity contribution in [3.8, 4) is 0 Å². The first-order chi connectivity index (χ1) is 9.10. The molecule has 2 aromatic rings. The van der Waals surface area contributed by atoms with E-state index in [1.165, 1.54) is 11.3 Å². The molecule has 1 heterocycles. The van der Waals surface area contributed by atoms with Gasteiger partial charge in [-0.2, -0.15) is 0 Å². The number of aliphatic hydroxyl groups is 1. The monoisotopic (exact) mass is 296 g/mol. The minimum absolute atomic E-state index is 0.0311. The summed E-state index contributed by atoms with van der Waals surface area (Å²) in [6, 6.07) is 7.05. The Bertz CT molecular complexity index is 598. The van der Waals surface area contributed by atoms with Crippen molar-refractivity contribution < 1.29 is 9.90 Å². The van der Waals surface area contributed by atoms with E-state index in [-0.39, 0.29) is 6.61 Å². The van der Waals surface area contributed by atoms with Crippen molar-refractivity contribution in [1.29, 1.82) is 0 Å². The van der Waals surface area contributed by atoms with Crippen LogP contribution in [0, 0.1) is 0 Å². The maximum Gasteiger partial charge on any atom is 0.249 e. The number of benzene rings is 1. The molecule has 0 atom stereocenters. The second-order valence-electron chi connectivity index (χ2n) is 3.99. The molecule has 0 radical (unpaired) electrons. The minimum atomic E-state index is -0.428. The minimum Gasteiger partial charge on any atom is -0.392 e. The van der Waals surface area contributed by atoms with Gasteiger partial charge in [0.15, 0.2) is 0 Å². The molecule has 0 fully saturated rings. The predicted molar refractivity (Wildman–Crippen MR) is 77.5 cm³/mol. The number of rotatable bonds is 5. The number of hydrogen-bond donors (Lipinski definition) is 3. The Morgan fingerprint density at radius 1 is 1.42 bits per heavy atom. The molecule has 100 valence electrons. The van der Waals surface area contributed by atoms with Crippen LogP contribution in [0.3, 0.4) is 0 Å². The second-order valence-corrected chi connectivity index (χ2v) is 5.39. The largest absolute Gasteiger partial charge is 0.392 e. The number of carbonyl (C=O) groups is 1. The molecule has 4 nitrogen and oxygen atoms in total. The van der Waals surface area contributed by atoms with Gasteiger partial charge >= 0.3 is 0 Å². The van der Waals surface area contributed by atoms with Crippen LogP contribution >= 0.6 is 22.9 Å². The zero-order chi connectivity index (χ0) is 13.8. The van der Waals surface area contributed by atoms with Crippen LogP contribution in [0.15, 0.2) is 29.6 Å². The second kappa shape index (κ2) is 6.06. The number of primary amides is 1. The van der Waals surface area contributed by atoms with Gasteiger partial charge in [0, 0.05) is 16.8 Å². The Morgan fingerprint density at radius 3 is 2.84 bits per heavy atom. The average Bonchev–Trinajstić information content (AvgIpc) is 2.87. The van der Waals surface area contributed by atoms with Crippen LogP contribution in [0.5, 0.6) is 0 Å². The highest BCUT2D eigenvalue weighted by Gasteiger charge is 2.06. The maximum absolute atomic E-state index is 11.0. The van der Waals surface area contributed by atoms with Gasteiger partial charge in [-0.1, -0.05) is 17.7 Å². The molecule has 1 amide bonds. The first kappa shape index (κ1) is 13.9. The average molecular weight is 297 g/mol. The van der Waals surface area contributed by atoms with E-state index < -0.39 is 5.91 Å². The summed E-state index contributed by atoms with van der Waals surface area (Å²) in [6.07, 6.45) is 0. The lowest BCUT2D eigenvalue weighted by Gasteiger charge is -2.08. The molecule has 1 aromatic heterocycles. The van der Waals surface area contributed by atoms with Crippen LogP contribution in [-0.4, -0.2) is 11.0 Å². The third-order valence-electron chi connectivity index (χ3n) is 2.60. The normalized spacial score (nSPS) is 10.4. The Hall–Kier alpha value is -1.56. The van der Waals surface area contributed by atoms with Crippen molar-refractivity contribution in [3.05, 3.63) is 50.7 Å². The Kier molecular flexibility index (Phi) is 4.42. The highest BCUT2D eigenvalue weighted by atomic mass is 35.5. The molecule has 0 aliphatic rings. The predicted octanol–water partition coefficient (Wildman–Crippen LogP) is 2.60. The van der Waals surface area contributed by atoms with Crippen LogP contribution in [0.1, 0.15) is 20.8 Å². The van der Waals surface area contributed by atoms with Crippen molar-refractivity contribution in [2.24, 2.45) is 5.73 Å². The molecule has 0 bridgehead atoms. The number of aliphatic hydroxyl groups excluding tert-OH is 1. The van der Waals surface area contributed by atoms with E-state index in [0.29, 0.717) is 17.1 Å². The van der Waals surface area contributed by atoms with Gasteiger partial charge in [0.1, 0.15) is 0 Å². The van der Waals surface area contributed by atoms with Crippen LogP contribution in [-0.2, 0) is 13.2 Å². The highest BCUT2D eigenvalue weighted by molar-refractivity contribution is 7.10. The van der Waals surface area contributed by atoms with Crippen molar-refractivity contribution in [1.82, 2.24) is 0 Å². The third kappa shape index (κ3) is 3.47. The summed E-state index contributed by atoms with van der Waals surface area (Å²) in [5.74, 6) is -0.428. The fourth-order valence-corrected chi connectivity index (χ4v) is 2.59. The fourth-order valence-electron chi connectivity index (χ4n) is 1.59. The molecule has 0 saturated heterocycles. The van der Waals surface area contributed by atoms with Crippen molar-refractivity contribution >= 4 is 34.5 Å². The van der Waals surface area contributed by atoms with Gasteiger partial charge in [0.25, 0.3) is 0 Å². The summed E-state index contributed by atoms with van der Waals surface area (Å²) in [6.45, 7) is 0.517. The zero-order valence-electron chi connectivity index (χ0n) is 10.0. The Morgan fingerprint density at radius 2 is 2.21 bits per heavy atom. The van der Waals surface area contributed by atoms with Gasteiger partial charge in [0.2, 0.25) is 5.91 Å². The van der Waals surface area contributed by atoms with Crippen molar-refractivity contribution in [2.75, 3.05) is 5.32 Å². The van der Waals surface area contributed by atoms with E-state index in [2.05, 4.69) is 5.32 Å². The number of hydrogen-bond acceptors (Lipinski definition) is 4. The first-order valence-corrected chi connectivity index (χ1v) is 6.86. The summed E-state index contributed by atoms with van der Waals surface area (Å²) in [5, 5.41) is 14.6. The number of nitrogens with one attached hydrogen (secondary N) is 1. The molecule has 0 aliphatic carbocycles. The number of halogens is 1. The summed E-state index contributed by atoms with van der Waals surface area (Å²) >= 11 is 7.52. The zero-order valence-corrected chi connectivity index (χ0v) is 11.6. The summed E-state index contributed by atoms with van der Waals surface area (Å²) in [7, 11) is 0. The lowest BCUT2D eigenvalue weighted by molar-refractivity contribution is 0.100. The van der Waals surface area contributed by atoms with E-state index in [0.717, 1.165) is 16.1 Å². The molecule has 0 unspecified atom stereocenters. The van der Waals surface area contributed by atoms with E-state index in [9.17, 15) is 4.79 Å². The van der Waals surface area contributed by atoms with Crippen LogP contribution < -0.4 is 11.1 Å². The number of anilines is 1. The lowest BCUT2D eigenvalue weighted by Crippen LogP contribution is -2.09. The molecule has 1 aromatic carbocycles. The van der Waals surface area contributed by atoms with Gasteiger partial charge in [-0.15, -0.1) is 11.3 Å². The molecule has 4 N–H and O–H groups in total. The quantitative estimate of drug-likeness (QED) is 0.794. The lowest BCUT2D eigenvalue weighted by atomic mass is 10.2. The van der Waals surface area contributed by atoms with Gasteiger partial charge in [-0.05, 0) is 23.8 Å². The highest BCUT2D eigenvalue weighted by Crippen LogP contribution is 2.24. The number of carbonyl (C=O) groups excluding carboxylic acids is 1. The smallest absolute Gasteiger partial charge is 0.249 e. The number of thiophene rings is 1. The van der Waals surface area contributed by atoms with Gasteiger partial charge in [-0.3, -0.25) is 4.79 Å². The first-order valence-electron chi connectivity index (χ1n) is 5.60. The van der Waals surface area contributed by atoms with Crippen LogP contribution in [0.4, 0.5) is 5.69 Å². The third-order valence-corrected chi connectivity index (χ3v) is 3.87. The molecule has 19 heavy (non-hydrogen) atoms. The van der Waals surface area contributed by atoms with Crippen molar-refractivity contribution in [3.63, 3.8) is 0 Å². The molecule has 0 saturated carbocycles. The molecule has 0 aliphatic heterocycles. The topological polar surface area (TPSA) is 75.4 Å². The molecular weight excluding hydrogens is 284 g/mol. The molecule has 2 rings (SSSR count). The SMILES string of the molecule is NC(=O)c1csc(CNc2cc(CO)ccc2Cl)c1. The Balaban J connectivity index is 2.07. The number of nitrogens with two attached hydrogens (primary N) is 1. The van der Waals surface area contributed by atoms with Gasteiger partial charge < -0.3 is 16.2 Å². The number of amides is 1. The fraction of sp³-hybridized carbons (Fsp3) is 0.154. The maximum atomic E-state index is 11.0. The Labute approximate surface area is 119 Å². The van der Waals surface area contributed by atoms with E-state index in [4.69, 9.17) is 22.4 Å². The summed E-state index contributed by atoms with van der Waals surface area (Å²) in [5.41, 5.74) is 7.25. The molecule has 0 spiro atoms. The standard InChI is InChI=1S/C13H13ClN2O2S/c14-11-2-1-8(6-17)3-12(11)16-5-10-4-9(7-19-10)13(15)18/h1-4,7,16-17H,5-6H2,(H2,15,18). The summed E-state index contributed by atoms with van der Waals surface area (Å²) in [4.78, 5) is 12.0. The van der Waals surface area contributed by atoms with Crippen molar-refractivity contribution in [2.45, 2.75) is 13.2 Å². The van der Waals surface area contributed by atoms with E-state index in [1.807, 2.05) is 0 Å². The molecular formula is C13H13ClN2O2S. The van der Waals surface area contributed by atoms with Gasteiger partial charge in [0.05, 0.1) is 22.9 Å². The van der Waals surface area contributed by atoms with E-state index >= 15 is 0 Å². The van der Waals surface area contributed by atoms with E-state index in [1.54, 1.807) is 29.6 Å². The van der Waals surface area contributed by atoms with Crippen LogP contribution in [0.25, 0.3) is 0 Å².